The molecule has 1 aromatic carbocycles. The number of nitro benzene ring substituents is 1. The molecule has 0 spiro atoms. The molecule has 0 aliphatic heterocycles. The third-order valence-corrected chi connectivity index (χ3v) is 3.01. The van der Waals surface area contributed by atoms with Crippen LogP contribution in [0.4, 0.5) is 11.4 Å². The highest BCUT2D eigenvalue weighted by molar-refractivity contribution is 5.94. The number of aromatic nitrogens is 1. The van der Waals surface area contributed by atoms with Crippen molar-refractivity contribution < 1.29 is 9.72 Å². The molecule has 1 amide bonds. The minimum Gasteiger partial charge on any atom is -0.366 e. The fraction of sp³-hybridized carbons (Fsp3) is 0.143. The van der Waals surface area contributed by atoms with Gasteiger partial charge in [0.25, 0.3) is 5.69 Å². The van der Waals surface area contributed by atoms with E-state index in [-0.39, 0.29) is 11.3 Å². The lowest BCUT2D eigenvalue weighted by molar-refractivity contribution is -0.384. The SMILES string of the molecule is CN(Cc1cccnc1)c1ccc(C(N)=O)cc1[N+](=O)[O-]. The molecule has 2 rings (SSSR count). The average Bonchev–Trinajstić information content (AvgIpc) is 2.47. The number of carbonyl (C=O) groups is 1. The number of primary amides is 1. The zero-order valence-corrected chi connectivity index (χ0v) is 11.4. The molecule has 2 N–H and O–H groups in total. The Bertz CT molecular complexity index is 673. The molecule has 0 unspecified atom stereocenters. The van der Waals surface area contributed by atoms with Crippen LogP contribution in [-0.4, -0.2) is 22.9 Å². The van der Waals surface area contributed by atoms with E-state index in [2.05, 4.69) is 4.98 Å². The van der Waals surface area contributed by atoms with Crippen molar-refractivity contribution in [2.45, 2.75) is 6.54 Å². The molecule has 1 heterocycles. The van der Waals surface area contributed by atoms with Crippen molar-refractivity contribution in [1.82, 2.24) is 4.98 Å². The van der Waals surface area contributed by atoms with E-state index in [1.807, 2.05) is 6.07 Å². The van der Waals surface area contributed by atoms with Crippen LogP contribution in [0.25, 0.3) is 0 Å². The second kappa shape index (κ2) is 6.00. The van der Waals surface area contributed by atoms with Crippen LogP contribution < -0.4 is 10.6 Å². The highest BCUT2D eigenvalue weighted by atomic mass is 16.6. The van der Waals surface area contributed by atoms with Crippen LogP contribution in [0, 0.1) is 10.1 Å². The third kappa shape index (κ3) is 3.33. The molecule has 7 heteroatoms. The van der Waals surface area contributed by atoms with Crippen molar-refractivity contribution >= 4 is 17.3 Å². The van der Waals surface area contributed by atoms with Crippen LogP contribution in [0.5, 0.6) is 0 Å². The van der Waals surface area contributed by atoms with Gasteiger partial charge in [0.05, 0.1) is 4.92 Å². The first-order chi connectivity index (χ1) is 9.99. The first-order valence-corrected chi connectivity index (χ1v) is 6.17. The van der Waals surface area contributed by atoms with E-state index >= 15 is 0 Å². The summed E-state index contributed by atoms with van der Waals surface area (Å²) in [4.78, 5) is 27.5. The Morgan fingerprint density at radius 1 is 1.43 bits per heavy atom. The molecule has 2 aromatic rings. The Kier molecular flexibility index (Phi) is 4.13. The second-order valence-electron chi connectivity index (χ2n) is 4.54. The smallest absolute Gasteiger partial charge is 0.293 e. The zero-order chi connectivity index (χ0) is 15.4. The van der Waals surface area contributed by atoms with Gasteiger partial charge in [0.2, 0.25) is 5.91 Å². The quantitative estimate of drug-likeness (QED) is 0.666. The summed E-state index contributed by atoms with van der Waals surface area (Å²) in [6, 6.07) is 7.87. The van der Waals surface area contributed by atoms with Crippen molar-refractivity contribution in [3.8, 4) is 0 Å². The summed E-state index contributed by atoms with van der Waals surface area (Å²) in [5, 5.41) is 11.2. The maximum atomic E-state index is 11.2. The Labute approximate surface area is 121 Å². The van der Waals surface area contributed by atoms with Crippen LogP contribution in [0.15, 0.2) is 42.7 Å². The summed E-state index contributed by atoms with van der Waals surface area (Å²) in [5.41, 5.74) is 6.44. The number of benzene rings is 1. The summed E-state index contributed by atoms with van der Waals surface area (Å²) < 4.78 is 0. The number of rotatable bonds is 5. The van der Waals surface area contributed by atoms with E-state index in [9.17, 15) is 14.9 Å². The van der Waals surface area contributed by atoms with Crippen LogP contribution in [-0.2, 0) is 6.54 Å². The van der Waals surface area contributed by atoms with Gasteiger partial charge in [0.1, 0.15) is 5.69 Å². The summed E-state index contributed by atoms with van der Waals surface area (Å²) in [6.45, 7) is 0.463. The number of amides is 1. The van der Waals surface area contributed by atoms with Gasteiger partial charge >= 0.3 is 0 Å². The number of nitrogens with zero attached hydrogens (tertiary/aromatic N) is 3. The first-order valence-electron chi connectivity index (χ1n) is 6.17. The highest BCUT2D eigenvalue weighted by Crippen LogP contribution is 2.29. The summed E-state index contributed by atoms with van der Waals surface area (Å²) in [5.74, 6) is -0.695. The number of carbonyl (C=O) groups excluding carboxylic acids is 1. The fourth-order valence-corrected chi connectivity index (χ4v) is 2.00. The van der Waals surface area contributed by atoms with Crippen molar-refractivity contribution in [1.29, 1.82) is 0 Å². The van der Waals surface area contributed by atoms with Gasteiger partial charge < -0.3 is 10.6 Å². The largest absolute Gasteiger partial charge is 0.366 e. The monoisotopic (exact) mass is 286 g/mol. The fourth-order valence-electron chi connectivity index (χ4n) is 2.00. The molecule has 0 fully saturated rings. The Hall–Kier alpha value is -2.96. The van der Waals surface area contributed by atoms with Gasteiger partial charge in [-0.3, -0.25) is 19.9 Å². The maximum absolute atomic E-state index is 11.2. The average molecular weight is 286 g/mol. The molecule has 7 nitrogen and oxygen atoms in total. The van der Waals surface area contributed by atoms with E-state index < -0.39 is 10.8 Å². The lowest BCUT2D eigenvalue weighted by Gasteiger charge is -2.19. The Morgan fingerprint density at radius 3 is 2.76 bits per heavy atom. The lowest BCUT2D eigenvalue weighted by atomic mass is 10.1. The number of nitro groups is 1. The maximum Gasteiger partial charge on any atom is 0.293 e. The van der Waals surface area contributed by atoms with Gasteiger partial charge in [0, 0.05) is 37.6 Å². The summed E-state index contributed by atoms with van der Waals surface area (Å²) in [7, 11) is 1.74. The van der Waals surface area contributed by atoms with Gasteiger partial charge in [-0.2, -0.15) is 0 Å². The van der Waals surface area contributed by atoms with E-state index in [1.165, 1.54) is 18.2 Å². The molecule has 21 heavy (non-hydrogen) atoms. The predicted octanol–water partition coefficient (Wildman–Crippen LogP) is 1.73. The predicted molar refractivity (Wildman–Crippen MR) is 78.0 cm³/mol. The van der Waals surface area contributed by atoms with E-state index in [4.69, 9.17) is 5.73 Å². The number of hydrogen-bond donors (Lipinski definition) is 1. The Balaban J connectivity index is 2.34. The van der Waals surface area contributed by atoms with Crippen molar-refractivity contribution in [3.63, 3.8) is 0 Å². The molecular weight excluding hydrogens is 272 g/mol. The summed E-state index contributed by atoms with van der Waals surface area (Å²) >= 11 is 0. The Morgan fingerprint density at radius 2 is 2.19 bits per heavy atom. The highest BCUT2D eigenvalue weighted by Gasteiger charge is 2.19. The van der Waals surface area contributed by atoms with Crippen molar-refractivity contribution in [3.05, 3.63) is 64.0 Å². The normalized spacial score (nSPS) is 10.1. The number of nitrogens with two attached hydrogens (primary N) is 1. The standard InChI is InChI=1S/C14H14N4O3/c1-17(9-10-3-2-6-16-8-10)12-5-4-11(14(15)19)7-13(12)18(20)21/h2-8H,9H2,1H3,(H2,15,19). The minimum atomic E-state index is -0.695. The number of pyridine rings is 1. The van der Waals surface area contributed by atoms with Crippen LogP contribution in [0.1, 0.15) is 15.9 Å². The topological polar surface area (TPSA) is 102 Å². The first kappa shape index (κ1) is 14.4. The second-order valence-corrected chi connectivity index (χ2v) is 4.54. The van der Waals surface area contributed by atoms with Gasteiger partial charge in [-0.15, -0.1) is 0 Å². The number of hydrogen-bond acceptors (Lipinski definition) is 5. The van der Waals surface area contributed by atoms with Crippen molar-refractivity contribution in [2.75, 3.05) is 11.9 Å². The molecule has 0 saturated carbocycles. The molecule has 0 aliphatic rings. The molecule has 0 aliphatic carbocycles. The van der Waals surface area contributed by atoms with Crippen LogP contribution in [0.3, 0.4) is 0 Å². The van der Waals surface area contributed by atoms with E-state index in [0.717, 1.165) is 5.56 Å². The van der Waals surface area contributed by atoms with Gasteiger partial charge in [0.15, 0.2) is 0 Å². The van der Waals surface area contributed by atoms with Gasteiger partial charge in [-0.1, -0.05) is 6.07 Å². The molecular formula is C14H14N4O3. The molecule has 1 aromatic heterocycles. The third-order valence-electron chi connectivity index (χ3n) is 3.01. The van der Waals surface area contributed by atoms with Gasteiger partial charge in [-0.25, -0.2) is 0 Å². The summed E-state index contributed by atoms with van der Waals surface area (Å²) in [6.07, 6.45) is 3.35. The van der Waals surface area contributed by atoms with Gasteiger partial charge in [-0.05, 0) is 23.8 Å². The van der Waals surface area contributed by atoms with Crippen LogP contribution in [0.2, 0.25) is 0 Å². The minimum absolute atomic E-state index is 0.111. The number of anilines is 1. The zero-order valence-electron chi connectivity index (χ0n) is 11.4. The van der Waals surface area contributed by atoms with Crippen molar-refractivity contribution in [2.24, 2.45) is 5.73 Å². The van der Waals surface area contributed by atoms with Crippen LogP contribution >= 0.6 is 0 Å². The molecule has 0 saturated heterocycles. The lowest BCUT2D eigenvalue weighted by Crippen LogP contribution is -2.19. The van der Waals surface area contributed by atoms with E-state index in [1.54, 1.807) is 30.4 Å². The van der Waals surface area contributed by atoms with E-state index in [0.29, 0.717) is 12.2 Å². The molecule has 108 valence electrons. The molecule has 0 bridgehead atoms. The molecule has 0 atom stereocenters. The molecule has 0 radical (unpaired) electrons.